The van der Waals surface area contributed by atoms with Crippen LogP contribution in [0.1, 0.15) is 26.7 Å². The van der Waals surface area contributed by atoms with E-state index in [0.717, 1.165) is 37.4 Å². The summed E-state index contributed by atoms with van der Waals surface area (Å²) in [6.07, 6.45) is 2.55. The van der Waals surface area contributed by atoms with Crippen LogP contribution in [0.5, 0.6) is 5.75 Å². The van der Waals surface area contributed by atoms with Crippen LogP contribution in [0.15, 0.2) is 24.3 Å². The molecule has 2 N–H and O–H groups in total. The Balaban J connectivity index is 0.000000686. The number of piperidine rings is 1. The number of anilines is 1. The van der Waals surface area contributed by atoms with Crippen LogP contribution in [-0.4, -0.2) is 31.1 Å². The first-order chi connectivity index (χ1) is 8.24. The summed E-state index contributed by atoms with van der Waals surface area (Å²) in [6.45, 7) is 6.24. The molecule has 0 amide bonds. The zero-order valence-electron chi connectivity index (χ0n) is 11.1. The fourth-order valence-electron chi connectivity index (χ4n) is 1.88. The maximum atomic E-state index is 5.88. The molecule has 1 saturated heterocycles. The molecule has 3 nitrogen and oxygen atoms in total. The van der Waals surface area contributed by atoms with Crippen molar-refractivity contribution in [1.29, 1.82) is 0 Å². The molecule has 2 rings (SSSR count). The Morgan fingerprint density at radius 3 is 2.47 bits per heavy atom. The van der Waals surface area contributed by atoms with Crippen molar-refractivity contribution in [3.8, 4) is 5.75 Å². The standard InChI is InChI=1S/C12H18N2O.C2H6/c1-14-7-5-11(6-8-14)15-12-4-2-3-10(13)9-12;1-2/h2-4,9,11H,5-8,13H2,1H3;1-2H3. The zero-order valence-corrected chi connectivity index (χ0v) is 11.1. The number of ether oxygens (including phenoxy) is 1. The Morgan fingerprint density at radius 2 is 1.88 bits per heavy atom. The SMILES string of the molecule is CC.CN1CCC(Oc2cccc(N)c2)CC1. The lowest BCUT2D eigenvalue weighted by Crippen LogP contribution is -2.35. The van der Waals surface area contributed by atoms with Gasteiger partial charge in [-0.15, -0.1) is 0 Å². The van der Waals surface area contributed by atoms with Crippen LogP contribution in [0.3, 0.4) is 0 Å². The minimum atomic E-state index is 0.350. The highest BCUT2D eigenvalue weighted by molar-refractivity contribution is 5.43. The molecule has 0 atom stereocenters. The Morgan fingerprint density at radius 1 is 1.24 bits per heavy atom. The van der Waals surface area contributed by atoms with Gasteiger partial charge in [0.05, 0.1) is 0 Å². The number of hydrogen-bond acceptors (Lipinski definition) is 3. The summed E-state index contributed by atoms with van der Waals surface area (Å²) in [6, 6.07) is 7.66. The molecule has 1 aromatic carbocycles. The third-order valence-electron chi connectivity index (χ3n) is 2.83. The van der Waals surface area contributed by atoms with E-state index in [1.807, 2.05) is 38.1 Å². The van der Waals surface area contributed by atoms with Gasteiger partial charge in [0.1, 0.15) is 11.9 Å². The molecule has 1 heterocycles. The average molecular weight is 236 g/mol. The van der Waals surface area contributed by atoms with Crippen molar-refractivity contribution >= 4 is 5.69 Å². The van der Waals surface area contributed by atoms with Gasteiger partial charge >= 0.3 is 0 Å². The summed E-state index contributed by atoms with van der Waals surface area (Å²) in [5.74, 6) is 0.893. The van der Waals surface area contributed by atoms with Crippen LogP contribution in [0.25, 0.3) is 0 Å². The second-order valence-electron chi connectivity index (χ2n) is 4.19. The molecule has 0 aromatic heterocycles. The first-order valence-electron chi connectivity index (χ1n) is 6.45. The van der Waals surface area contributed by atoms with Gasteiger partial charge in [-0.05, 0) is 32.0 Å². The van der Waals surface area contributed by atoms with Crippen molar-refractivity contribution in [1.82, 2.24) is 4.90 Å². The topological polar surface area (TPSA) is 38.5 Å². The van der Waals surface area contributed by atoms with Crippen LogP contribution in [0, 0.1) is 0 Å². The van der Waals surface area contributed by atoms with E-state index in [1.54, 1.807) is 0 Å². The Bertz CT molecular complexity index is 320. The summed E-state index contributed by atoms with van der Waals surface area (Å²) < 4.78 is 5.88. The fourth-order valence-corrected chi connectivity index (χ4v) is 1.88. The molecule has 0 saturated carbocycles. The normalized spacial score (nSPS) is 17.1. The van der Waals surface area contributed by atoms with Crippen molar-refractivity contribution in [2.75, 3.05) is 25.9 Å². The Labute approximate surface area is 105 Å². The van der Waals surface area contributed by atoms with Gasteiger partial charge in [-0.3, -0.25) is 0 Å². The van der Waals surface area contributed by atoms with Crippen LogP contribution in [0.2, 0.25) is 0 Å². The van der Waals surface area contributed by atoms with Gasteiger partial charge in [-0.25, -0.2) is 0 Å². The molecule has 0 radical (unpaired) electrons. The summed E-state index contributed by atoms with van der Waals surface area (Å²) in [7, 11) is 2.15. The summed E-state index contributed by atoms with van der Waals surface area (Å²) in [5, 5.41) is 0. The Kier molecular flexibility index (Phi) is 5.84. The monoisotopic (exact) mass is 236 g/mol. The third kappa shape index (κ3) is 4.65. The summed E-state index contributed by atoms with van der Waals surface area (Å²) in [5.41, 5.74) is 6.46. The van der Waals surface area contributed by atoms with Crippen molar-refractivity contribution in [2.45, 2.75) is 32.8 Å². The highest BCUT2D eigenvalue weighted by Gasteiger charge is 2.17. The molecule has 0 unspecified atom stereocenters. The highest BCUT2D eigenvalue weighted by atomic mass is 16.5. The molecular weight excluding hydrogens is 212 g/mol. The zero-order chi connectivity index (χ0) is 12.7. The highest BCUT2D eigenvalue weighted by Crippen LogP contribution is 2.20. The number of likely N-dealkylation sites (tertiary alicyclic amines) is 1. The molecule has 96 valence electrons. The largest absolute Gasteiger partial charge is 0.490 e. The van der Waals surface area contributed by atoms with Gasteiger partial charge < -0.3 is 15.4 Å². The molecule has 1 aliphatic rings. The van der Waals surface area contributed by atoms with E-state index in [0.29, 0.717) is 6.10 Å². The molecule has 0 bridgehead atoms. The van der Waals surface area contributed by atoms with E-state index in [-0.39, 0.29) is 0 Å². The van der Waals surface area contributed by atoms with Crippen molar-refractivity contribution in [3.05, 3.63) is 24.3 Å². The van der Waals surface area contributed by atoms with E-state index in [4.69, 9.17) is 10.5 Å². The lowest BCUT2D eigenvalue weighted by molar-refractivity contribution is 0.114. The second-order valence-corrected chi connectivity index (χ2v) is 4.19. The van der Waals surface area contributed by atoms with Crippen molar-refractivity contribution in [3.63, 3.8) is 0 Å². The van der Waals surface area contributed by atoms with Crippen LogP contribution in [0.4, 0.5) is 5.69 Å². The number of benzene rings is 1. The molecule has 1 aromatic rings. The smallest absolute Gasteiger partial charge is 0.121 e. The van der Waals surface area contributed by atoms with Gasteiger partial charge in [0.15, 0.2) is 0 Å². The number of hydrogen-bond donors (Lipinski definition) is 1. The quantitative estimate of drug-likeness (QED) is 0.802. The lowest BCUT2D eigenvalue weighted by Gasteiger charge is -2.29. The summed E-state index contributed by atoms with van der Waals surface area (Å²) >= 11 is 0. The van der Waals surface area contributed by atoms with Gasteiger partial charge in [-0.1, -0.05) is 19.9 Å². The van der Waals surface area contributed by atoms with E-state index >= 15 is 0 Å². The Hall–Kier alpha value is -1.22. The maximum absolute atomic E-state index is 5.88. The predicted octanol–water partition coefficient (Wildman–Crippen LogP) is 2.77. The van der Waals surface area contributed by atoms with Gasteiger partial charge in [-0.2, -0.15) is 0 Å². The van der Waals surface area contributed by atoms with E-state index < -0.39 is 0 Å². The third-order valence-corrected chi connectivity index (χ3v) is 2.83. The number of nitrogens with zero attached hydrogens (tertiary/aromatic N) is 1. The summed E-state index contributed by atoms with van der Waals surface area (Å²) in [4.78, 5) is 2.33. The van der Waals surface area contributed by atoms with Crippen LogP contribution in [-0.2, 0) is 0 Å². The van der Waals surface area contributed by atoms with E-state index in [9.17, 15) is 0 Å². The van der Waals surface area contributed by atoms with Crippen LogP contribution >= 0.6 is 0 Å². The molecule has 0 aliphatic carbocycles. The average Bonchev–Trinajstić information content (AvgIpc) is 2.35. The van der Waals surface area contributed by atoms with Crippen molar-refractivity contribution < 1.29 is 4.74 Å². The number of rotatable bonds is 2. The van der Waals surface area contributed by atoms with E-state index in [1.165, 1.54) is 0 Å². The fraction of sp³-hybridized carbons (Fsp3) is 0.571. The van der Waals surface area contributed by atoms with Crippen molar-refractivity contribution in [2.24, 2.45) is 0 Å². The van der Waals surface area contributed by atoms with Gasteiger partial charge in [0.25, 0.3) is 0 Å². The molecule has 0 spiro atoms. The molecule has 3 heteroatoms. The van der Waals surface area contributed by atoms with E-state index in [2.05, 4.69) is 11.9 Å². The first-order valence-corrected chi connectivity index (χ1v) is 6.45. The minimum absolute atomic E-state index is 0.350. The first kappa shape index (κ1) is 13.8. The number of nitrogen functional groups attached to an aromatic ring is 1. The van der Waals surface area contributed by atoms with Gasteiger partial charge in [0, 0.05) is 24.8 Å². The van der Waals surface area contributed by atoms with Crippen LogP contribution < -0.4 is 10.5 Å². The molecular formula is C14H24N2O. The maximum Gasteiger partial charge on any atom is 0.121 e. The molecule has 1 aliphatic heterocycles. The second kappa shape index (κ2) is 7.17. The lowest BCUT2D eigenvalue weighted by atomic mass is 10.1. The number of nitrogens with two attached hydrogens (primary N) is 1. The molecule has 1 fully saturated rings. The predicted molar refractivity (Wildman–Crippen MR) is 73.3 cm³/mol. The minimum Gasteiger partial charge on any atom is -0.490 e. The van der Waals surface area contributed by atoms with Gasteiger partial charge in [0.2, 0.25) is 0 Å². The molecule has 17 heavy (non-hydrogen) atoms.